The number of rotatable bonds is 5. The maximum absolute atomic E-state index is 12.1. The van der Waals surface area contributed by atoms with Crippen LogP contribution in [0, 0.1) is 0 Å². The van der Waals surface area contributed by atoms with Gasteiger partial charge in [0.15, 0.2) is 0 Å². The van der Waals surface area contributed by atoms with Crippen LogP contribution in [0.5, 0.6) is 5.75 Å². The molecular formula is C19H15BrN4O3. The lowest BCUT2D eigenvalue weighted by Crippen LogP contribution is -2.18. The zero-order valence-corrected chi connectivity index (χ0v) is 15.9. The van der Waals surface area contributed by atoms with E-state index in [1.54, 1.807) is 55.6 Å². The van der Waals surface area contributed by atoms with Crippen LogP contribution in [0.15, 0.2) is 70.4 Å². The molecule has 3 aromatic rings. The molecule has 0 atom stereocenters. The van der Waals surface area contributed by atoms with E-state index in [0.717, 1.165) is 0 Å². The van der Waals surface area contributed by atoms with Crippen LogP contribution in [-0.4, -0.2) is 27.9 Å². The molecule has 7 nitrogen and oxygen atoms in total. The topological polar surface area (TPSA) is 85.6 Å². The molecule has 0 aliphatic rings. The number of hydrogen-bond acceptors (Lipinski definition) is 5. The fourth-order valence-electron chi connectivity index (χ4n) is 2.26. The van der Waals surface area contributed by atoms with E-state index in [2.05, 4.69) is 31.6 Å². The summed E-state index contributed by atoms with van der Waals surface area (Å²) in [5.41, 5.74) is 3.95. The number of benzene rings is 2. The number of hydrogen-bond donors (Lipinski definition) is 1. The number of aromatic nitrogens is 2. The quantitative estimate of drug-likeness (QED) is 0.293. The van der Waals surface area contributed by atoms with Gasteiger partial charge >= 0.3 is 5.97 Å². The third-order valence-corrected chi connectivity index (χ3v) is 4.29. The second-order valence-electron chi connectivity index (χ2n) is 5.48. The van der Waals surface area contributed by atoms with Crippen molar-refractivity contribution in [1.82, 2.24) is 15.2 Å². The molecule has 1 N–H and O–H groups in total. The van der Waals surface area contributed by atoms with E-state index in [1.165, 1.54) is 17.1 Å². The first-order valence-corrected chi connectivity index (χ1v) is 8.72. The van der Waals surface area contributed by atoms with Crippen molar-refractivity contribution in [2.45, 2.75) is 0 Å². The van der Waals surface area contributed by atoms with Crippen molar-refractivity contribution < 1.29 is 14.3 Å². The van der Waals surface area contributed by atoms with Crippen molar-refractivity contribution in [3.8, 4) is 5.75 Å². The van der Waals surface area contributed by atoms with Crippen molar-refractivity contribution in [2.75, 3.05) is 0 Å². The van der Waals surface area contributed by atoms with Crippen molar-refractivity contribution in [2.24, 2.45) is 12.1 Å². The van der Waals surface area contributed by atoms with E-state index in [9.17, 15) is 9.59 Å². The lowest BCUT2D eigenvalue weighted by atomic mass is 10.2. The molecule has 2 aromatic carbocycles. The summed E-state index contributed by atoms with van der Waals surface area (Å²) in [5, 5.41) is 7.88. The van der Waals surface area contributed by atoms with Gasteiger partial charge in [0.1, 0.15) is 11.4 Å². The molecule has 1 amide bonds. The van der Waals surface area contributed by atoms with Crippen molar-refractivity contribution in [1.29, 1.82) is 0 Å². The molecule has 136 valence electrons. The summed E-state index contributed by atoms with van der Waals surface area (Å²) in [6.45, 7) is 0. The van der Waals surface area contributed by atoms with Crippen LogP contribution in [0.1, 0.15) is 26.4 Å². The zero-order chi connectivity index (χ0) is 19.2. The van der Waals surface area contributed by atoms with Crippen molar-refractivity contribution in [3.63, 3.8) is 0 Å². The summed E-state index contributed by atoms with van der Waals surface area (Å²) in [7, 11) is 1.66. The Morgan fingerprint density at radius 2 is 2.00 bits per heavy atom. The summed E-state index contributed by atoms with van der Waals surface area (Å²) in [6, 6.07) is 15.4. The van der Waals surface area contributed by atoms with Crippen LogP contribution >= 0.6 is 15.9 Å². The zero-order valence-electron chi connectivity index (χ0n) is 14.3. The Labute approximate surface area is 163 Å². The molecule has 0 bridgehead atoms. The molecule has 0 fully saturated rings. The van der Waals surface area contributed by atoms with Gasteiger partial charge < -0.3 is 4.74 Å². The van der Waals surface area contributed by atoms with Gasteiger partial charge in [-0.2, -0.15) is 10.2 Å². The van der Waals surface area contributed by atoms with E-state index in [0.29, 0.717) is 27.0 Å². The fraction of sp³-hybridized carbons (Fsp3) is 0.0526. The van der Waals surface area contributed by atoms with Gasteiger partial charge in [-0.15, -0.1) is 0 Å². The van der Waals surface area contributed by atoms with Gasteiger partial charge in [-0.3, -0.25) is 9.48 Å². The van der Waals surface area contributed by atoms with Crippen LogP contribution < -0.4 is 10.2 Å². The predicted molar refractivity (Wildman–Crippen MR) is 104 cm³/mol. The smallest absolute Gasteiger partial charge is 0.361 e. The number of aryl methyl sites for hydroxylation is 1. The van der Waals surface area contributed by atoms with E-state index < -0.39 is 5.97 Å². The number of halogens is 1. The Morgan fingerprint density at radius 3 is 2.74 bits per heavy atom. The SMILES string of the molecule is Cn1nccc1C(=O)Oc1cccc(/C=N/NC(=O)c2ccccc2Br)c1. The summed E-state index contributed by atoms with van der Waals surface area (Å²) < 4.78 is 7.46. The molecule has 3 rings (SSSR count). The highest BCUT2D eigenvalue weighted by Gasteiger charge is 2.12. The fourth-order valence-corrected chi connectivity index (χ4v) is 2.73. The Bertz CT molecular complexity index is 1010. The van der Waals surface area contributed by atoms with E-state index in [-0.39, 0.29) is 5.91 Å². The Kier molecular flexibility index (Phi) is 5.77. The number of nitrogens with one attached hydrogen (secondary N) is 1. The number of nitrogens with zero attached hydrogens (tertiary/aromatic N) is 3. The Morgan fingerprint density at radius 1 is 1.19 bits per heavy atom. The number of esters is 1. The van der Waals surface area contributed by atoms with Crippen molar-refractivity contribution in [3.05, 3.63) is 82.1 Å². The molecule has 0 unspecified atom stereocenters. The summed E-state index contributed by atoms with van der Waals surface area (Å²) in [5.74, 6) is -0.480. The van der Waals surface area contributed by atoms with E-state index >= 15 is 0 Å². The molecule has 0 saturated heterocycles. The maximum Gasteiger partial charge on any atom is 0.361 e. The van der Waals surface area contributed by atoms with E-state index in [4.69, 9.17) is 4.74 Å². The number of amides is 1. The lowest BCUT2D eigenvalue weighted by molar-refractivity contribution is 0.0723. The largest absolute Gasteiger partial charge is 0.422 e. The first-order chi connectivity index (χ1) is 13.0. The molecule has 1 aromatic heterocycles. The second kappa shape index (κ2) is 8.41. The summed E-state index contributed by atoms with van der Waals surface area (Å²) in [6.07, 6.45) is 2.99. The van der Waals surface area contributed by atoms with Crippen LogP contribution in [0.2, 0.25) is 0 Å². The molecule has 27 heavy (non-hydrogen) atoms. The number of carbonyl (C=O) groups excluding carboxylic acids is 2. The van der Waals surface area contributed by atoms with Crippen LogP contribution in [0.4, 0.5) is 0 Å². The molecule has 0 aliphatic heterocycles. The minimum Gasteiger partial charge on any atom is -0.422 e. The second-order valence-corrected chi connectivity index (χ2v) is 6.34. The average Bonchev–Trinajstić information content (AvgIpc) is 3.08. The van der Waals surface area contributed by atoms with Gasteiger partial charge in [-0.1, -0.05) is 24.3 Å². The van der Waals surface area contributed by atoms with Gasteiger partial charge in [-0.05, 0) is 51.8 Å². The number of hydrazone groups is 1. The predicted octanol–water partition coefficient (Wildman–Crippen LogP) is 3.17. The standard InChI is InChI=1S/C19H15BrN4O3/c1-24-17(9-10-22-24)19(26)27-14-6-4-5-13(11-14)12-21-23-18(25)15-7-2-3-8-16(15)20/h2-12H,1H3,(H,23,25)/b21-12+. The average molecular weight is 427 g/mol. The van der Waals surface area contributed by atoms with Crippen LogP contribution in [0.25, 0.3) is 0 Å². The maximum atomic E-state index is 12.1. The summed E-state index contributed by atoms with van der Waals surface area (Å²) in [4.78, 5) is 24.2. The molecule has 8 heteroatoms. The molecule has 0 aliphatic carbocycles. The molecule has 1 heterocycles. The highest BCUT2D eigenvalue weighted by atomic mass is 79.9. The van der Waals surface area contributed by atoms with Gasteiger partial charge in [0.25, 0.3) is 5.91 Å². The molecule has 0 saturated carbocycles. The Hall–Kier alpha value is -3.26. The highest BCUT2D eigenvalue weighted by Crippen LogP contribution is 2.16. The van der Waals surface area contributed by atoms with Crippen LogP contribution in [0.3, 0.4) is 0 Å². The minimum atomic E-state index is -0.508. The van der Waals surface area contributed by atoms with E-state index in [1.807, 2.05) is 6.07 Å². The highest BCUT2D eigenvalue weighted by molar-refractivity contribution is 9.10. The third kappa shape index (κ3) is 4.68. The molecular weight excluding hydrogens is 412 g/mol. The third-order valence-electron chi connectivity index (χ3n) is 3.60. The Balaban J connectivity index is 1.64. The minimum absolute atomic E-state index is 0.336. The number of ether oxygens (including phenoxy) is 1. The molecule has 0 spiro atoms. The van der Waals surface area contributed by atoms with Crippen molar-refractivity contribution >= 4 is 34.0 Å². The van der Waals surface area contributed by atoms with Crippen LogP contribution in [-0.2, 0) is 7.05 Å². The lowest BCUT2D eigenvalue weighted by Gasteiger charge is -2.05. The summed E-state index contributed by atoms with van der Waals surface area (Å²) >= 11 is 3.32. The first-order valence-electron chi connectivity index (χ1n) is 7.93. The van der Waals surface area contributed by atoms with Gasteiger partial charge in [0.2, 0.25) is 0 Å². The van der Waals surface area contributed by atoms with Gasteiger partial charge in [0, 0.05) is 17.7 Å². The first kappa shape index (κ1) is 18.5. The number of carbonyl (C=O) groups is 2. The normalized spacial score (nSPS) is 10.7. The monoisotopic (exact) mass is 426 g/mol. The van der Waals surface area contributed by atoms with Gasteiger partial charge in [0.05, 0.1) is 11.8 Å². The molecule has 0 radical (unpaired) electrons. The van der Waals surface area contributed by atoms with Gasteiger partial charge in [-0.25, -0.2) is 10.2 Å².